The van der Waals surface area contributed by atoms with Crippen LogP contribution in [0.15, 0.2) is 54.4 Å². The largest absolute Gasteiger partial charge is 0.545 e. The number of cyclic esters (lactones) is 2. The van der Waals surface area contributed by atoms with Gasteiger partial charge in [-0.1, -0.05) is 6.07 Å². The van der Waals surface area contributed by atoms with Gasteiger partial charge in [0, 0.05) is 48.6 Å². The molecule has 1 aliphatic rings. The molecule has 35 heavy (non-hydrogen) atoms. The van der Waals surface area contributed by atoms with E-state index in [0.717, 1.165) is 12.3 Å². The summed E-state index contributed by atoms with van der Waals surface area (Å²) < 4.78 is 17.1. The number of carbonyl (C=O) groups excluding carboxylic acids is 4. The number of nitrogens with one attached hydrogen (secondary N) is 1. The summed E-state index contributed by atoms with van der Waals surface area (Å²) in [6.45, 7) is 4.55. The van der Waals surface area contributed by atoms with Crippen LogP contribution in [0.25, 0.3) is 5.52 Å². The van der Waals surface area contributed by atoms with Crippen LogP contribution in [0.5, 0.6) is 5.75 Å². The van der Waals surface area contributed by atoms with E-state index in [1.807, 2.05) is 6.07 Å². The number of methoxy groups -OCH3 is 1. The number of fused-ring (bicyclic) bond motifs is 1. The first-order chi connectivity index (χ1) is 16.5. The molecular weight excluding hydrogens is 456 g/mol. The molecule has 10 heteroatoms. The summed E-state index contributed by atoms with van der Waals surface area (Å²) in [6.07, 6.45) is 2.70. The Balaban J connectivity index is 1.70. The first-order valence-corrected chi connectivity index (χ1v) is 10.5. The van der Waals surface area contributed by atoms with E-state index in [4.69, 9.17) is 14.2 Å². The number of carboxylic acids is 1. The van der Waals surface area contributed by atoms with Crippen molar-refractivity contribution in [3.05, 3.63) is 76.8 Å². The lowest BCUT2D eigenvalue weighted by Crippen LogP contribution is -2.42. The number of carbonyl (C=O) groups is 4. The van der Waals surface area contributed by atoms with Crippen molar-refractivity contribution in [1.82, 2.24) is 4.40 Å². The Labute approximate surface area is 199 Å². The minimum Gasteiger partial charge on any atom is -0.545 e. The zero-order valence-electron chi connectivity index (χ0n) is 19.3. The molecule has 3 heterocycles. The van der Waals surface area contributed by atoms with Crippen LogP contribution in [-0.4, -0.2) is 41.0 Å². The maximum Gasteiger partial charge on any atom is 0.350 e. The number of rotatable bonds is 6. The molecule has 1 saturated heterocycles. The van der Waals surface area contributed by atoms with E-state index in [9.17, 15) is 24.3 Å². The van der Waals surface area contributed by atoms with E-state index in [1.165, 1.54) is 33.1 Å². The van der Waals surface area contributed by atoms with Crippen molar-refractivity contribution in [2.24, 2.45) is 0 Å². The Morgan fingerprint density at radius 2 is 1.80 bits per heavy atom. The van der Waals surface area contributed by atoms with Crippen LogP contribution in [0.1, 0.15) is 45.8 Å². The number of hydrogen-bond donors (Lipinski definition) is 1. The molecule has 3 aromatic rings. The number of esters is 2. The van der Waals surface area contributed by atoms with Crippen molar-refractivity contribution in [2.75, 3.05) is 12.4 Å². The molecule has 0 spiro atoms. The van der Waals surface area contributed by atoms with Crippen molar-refractivity contribution >= 4 is 34.9 Å². The van der Waals surface area contributed by atoms with Crippen LogP contribution >= 0.6 is 0 Å². The summed E-state index contributed by atoms with van der Waals surface area (Å²) in [5.41, 5.74) is 0.897. The summed E-state index contributed by atoms with van der Waals surface area (Å²) in [7, 11) is 1.51. The normalized spacial score (nSPS) is 14.8. The Morgan fingerprint density at radius 3 is 2.43 bits per heavy atom. The van der Waals surface area contributed by atoms with Gasteiger partial charge in [0.2, 0.25) is 5.78 Å². The lowest BCUT2D eigenvalue weighted by atomic mass is 10.0. The lowest BCUT2D eigenvalue weighted by Gasteiger charge is -2.29. The minimum atomic E-state index is -1.56. The molecule has 1 aliphatic heterocycles. The van der Waals surface area contributed by atoms with Gasteiger partial charge in [-0.3, -0.25) is 4.79 Å². The molecule has 2 aromatic heterocycles. The first kappa shape index (κ1) is 23.6. The summed E-state index contributed by atoms with van der Waals surface area (Å²) in [6, 6.07) is 9.29. The topological polar surface area (TPSA) is 135 Å². The van der Waals surface area contributed by atoms with E-state index in [-0.39, 0.29) is 16.8 Å². The number of carboxylic acid groups (broad SMARTS) is 1. The summed E-state index contributed by atoms with van der Waals surface area (Å²) in [4.78, 5) is 49.5. The predicted octanol–water partition coefficient (Wildman–Crippen LogP) is 1.98. The highest BCUT2D eigenvalue weighted by atomic mass is 16.7. The predicted molar refractivity (Wildman–Crippen MR) is 121 cm³/mol. The fourth-order valence-corrected chi connectivity index (χ4v) is 3.89. The molecule has 1 aromatic carbocycles. The maximum atomic E-state index is 13.4. The van der Waals surface area contributed by atoms with Crippen LogP contribution in [-0.2, 0) is 19.1 Å². The van der Waals surface area contributed by atoms with Crippen LogP contribution in [0.2, 0.25) is 0 Å². The van der Waals surface area contributed by atoms with Crippen molar-refractivity contribution in [1.29, 1.82) is 0 Å². The molecule has 0 radical (unpaired) electrons. The number of anilines is 1. The second kappa shape index (κ2) is 8.64. The lowest BCUT2D eigenvalue weighted by molar-refractivity contribution is -0.255. The van der Waals surface area contributed by atoms with Crippen LogP contribution in [0.4, 0.5) is 5.69 Å². The van der Waals surface area contributed by atoms with Gasteiger partial charge in [-0.05, 0) is 37.3 Å². The van der Waals surface area contributed by atoms with Gasteiger partial charge >= 0.3 is 11.9 Å². The van der Waals surface area contributed by atoms with Gasteiger partial charge in [-0.25, -0.2) is 9.59 Å². The highest BCUT2D eigenvalue weighted by molar-refractivity contribution is 6.16. The minimum absolute atomic E-state index is 0.00574. The highest BCUT2D eigenvalue weighted by Crippen LogP contribution is 2.32. The molecule has 4 rings (SSSR count). The second-order valence-corrected chi connectivity index (χ2v) is 8.22. The average molecular weight is 477 g/mol. The third-order valence-electron chi connectivity index (χ3n) is 5.44. The van der Waals surface area contributed by atoms with E-state index in [0.29, 0.717) is 22.5 Å². The Bertz CT molecular complexity index is 1410. The summed E-state index contributed by atoms with van der Waals surface area (Å²) >= 11 is 0. The molecule has 10 nitrogen and oxygen atoms in total. The molecule has 0 saturated carbocycles. The quantitative estimate of drug-likeness (QED) is 0.245. The number of aromatic nitrogens is 1. The van der Waals surface area contributed by atoms with Gasteiger partial charge in [0.1, 0.15) is 11.4 Å². The van der Waals surface area contributed by atoms with Gasteiger partial charge < -0.3 is 33.8 Å². The SMILES string of the molecule is COc1c(C)c(C(=O)c2ccc(NC=C3C(=O)OC(C)(C)OC3=O)c(C(=O)[O-])c2)n2ccccc12. The molecule has 1 fully saturated rings. The standard InChI is InChI=1S/C25H22N2O8/c1-13-19(27-10-6-5-7-18(27)21(13)33-4)20(28)14-8-9-17(15(11-14)22(29)30)26-12-16-23(31)34-25(2,3)35-24(16)32/h5-12,26H,1-4H3,(H,29,30)/p-1. The van der Waals surface area contributed by atoms with Crippen molar-refractivity contribution in [3.8, 4) is 5.75 Å². The van der Waals surface area contributed by atoms with Gasteiger partial charge in [0.15, 0.2) is 5.57 Å². The zero-order valence-corrected chi connectivity index (χ0v) is 19.3. The third-order valence-corrected chi connectivity index (χ3v) is 5.44. The van der Waals surface area contributed by atoms with Crippen molar-refractivity contribution in [2.45, 2.75) is 26.6 Å². The number of nitrogens with zero attached hydrogens (tertiary/aromatic N) is 1. The molecule has 1 N–H and O–H groups in total. The zero-order chi connectivity index (χ0) is 25.5. The molecular formula is C25H21N2O8-. The number of hydrogen-bond acceptors (Lipinski definition) is 9. The van der Waals surface area contributed by atoms with Crippen molar-refractivity contribution in [3.63, 3.8) is 0 Å². The molecule has 0 atom stereocenters. The molecule has 0 amide bonds. The molecule has 0 bridgehead atoms. The fourth-order valence-electron chi connectivity index (χ4n) is 3.89. The van der Waals surface area contributed by atoms with Gasteiger partial charge in [-0.15, -0.1) is 0 Å². The fraction of sp³-hybridized carbons (Fsp3) is 0.200. The number of benzene rings is 1. The maximum absolute atomic E-state index is 13.4. The smallest absolute Gasteiger partial charge is 0.350 e. The molecule has 180 valence electrons. The molecule has 0 unspecified atom stereocenters. The van der Waals surface area contributed by atoms with Gasteiger partial charge in [0.25, 0.3) is 5.79 Å². The number of ether oxygens (including phenoxy) is 3. The summed E-state index contributed by atoms with van der Waals surface area (Å²) in [5.74, 6) is -4.72. The number of ketones is 1. The third kappa shape index (κ3) is 4.21. The Morgan fingerprint density at radius 1 is 1.11 bits per heavy atom. The Hall–Kier alpha value is -4.60. The van der Waals surface area contributed by atoms with Crippen LogP contribution in [0, 0.1) is 6.92 Å². The van der Waals surface area contributed by atoms with Gasteiger partial charge in [0.05, 0.1) is 18.6 Å². The highest BCUT2D eigenvalue weighted by Gasteiger charge is 2.39. The van der Waals surface area contributed by atoms with E-state index in [1.54, 1.807) is 29.7 Å². The Kier molecular flexibility index (Phi) is 5.81. The van der Waals surface area contributed by atoms with E-state index >= 15 is 0 Å². The van der Waals surface area contributed by atoms with Gasteiger partial charge in [-0.2, -0.15) is 0 Å². The number of aromatic carboxylic acids is 1. The average Bonchev–Trinajstić information content (AvgIpc) is 3.08. The summed E-state index contributed by atoms with van der Waals surface area (Å²) in [5, 5.41) is 14.4. The first-order valence-electron chi connectivity index (χ1n) is 10.5. The van der Waals surface area contributed by atoms with E-state index < -0.39 is 35.1 Å². The van der Waals surface area contributed by atoms with E-state index in [2.05, 4.69) is 5.32 Å². The van der Waals surface area contributed by atoms with Crippen LogP contribution in [0.3, 0.4) is 0 Å². The number of pyridine rings is 1. The second-order valence-electron chi connectivity index (χ2n) is 8.22. The van der Waals surface area contributed by atoms with Crippen molar-refractivity contribution < 1.29 is 38.5 Å². The monoisotopic (exact) mass is 477 g/mol. The van der Waals surface area contributed by atoms with Crippen LogP contribution < -0.4 is 15.2 Å². The molecule has 0 aliphatic carbocycles.